The van der Waals surface area contributed by atoms with Crippen LogP contribution in [0.1, 0.15) is 32.6 Å². The number of piperidine rings is 1. The predicted molar refractivity (Wildman–Crippen MR) is 93.5 cm³/mol. The van der Waals surface area contributed by atoms with Crippen molar-refractivity contribution in [2.24, 2.45) is 5.92 Å². The van der Waals surface area contributed by atoms with Crippen molar-refractivity contribution >= 4 is 5.97 Å². The average molecular weight is 335 g/mol. The maximum atomic E-state index is 11.8. The Morgan fingerprint density at radius 1 is 1.29 bits per heavy atom. The minimum atomic E-state index is -0.0384. The second-order valence-electron chi connectivity index (χ2n) is 6.13. The molecule has 0 N–H and O–H groups in total. The van der Waals surface area contributed by atoms with Gasteiger partial charge in [-0.2, -0.15) is 0 Å². The summed E-state index contributed by atoms with van der Waals surface area (Å²) in [5, 5.41) is 0. The molecule has 0 saturated carbocycles. The molecule has 0 aromatic heterocycles. The molecule has 1 unspecified atom stereocenters. The van der Waals surface area contributed by atoms with Gasteiger partial charge >= 0.3 is 5.97 Å². The molecular weight excluding hydrogens is 306 g/mol. The quantitative estimate of drug-likeness (QED) is 0.512. The molecule has 0 bridgehead atoms. The summed E-state index contributed by atoms with van der Waals surface area (Å²) in [6, 6.07) is 7.67. The summed E-state index contributed by atoms with van der Waals surface area (Å²) in [5.74, 6) is 1.66. The zero-order valence-electron chi connectivity index (χ0n) is 14.8. The summed E-state index contributed by atoms with van der Waals surface area (Å²) in [4.78, 5) is 14.2. The maximum Gasteiger partial charge on any atom is 0.310 e. The second-order valence-corrected chi connectivity index (χ2v) is 6.13. The molecule has 1 aliphatic heterocycles. The van der Waals surface area contributed by atoms with Crippen LogP contribution in [0.2, 0.25) is 0 Å². The number of hydrogen-bond donors (Lipinski definition) is 0. The lowest BCUT2D eigenvalue weighted by atomic mass is 9.98. The topological polar surface area (TPSA) is 48.0 Å². The monoisotopic (exact) mass is 335 g/mol. The lowest BCUT2D eigenvalue weighted by molar-refractivity contribution is -0.149. The lowest BCUT2D eigenvalue weighted by Crippen LogP contribution is -2.39. The number of hydrogen-bond acceptors (Lipinski definition) is 5. The van der Waals surface area contributed by atoms with E-state index in [1.54, 1.807) is 7.11 Å². The third-order valence-corrected chi connectivity index (χ3v) is 4.30. The number of methoxy groups -OCH3 is 1. The molecule has 1 saturated heterocycles. The van der Waals surface area contributed by atoms with Gasteiger partial charge in [0.15, 0.2) is 0 Å². The molecule has 1 aliphatic rings. The Balaban J connectivity index is 1.62. The third kappa shape index (κ3) is 6.04. The van der Waals surface area contributed by atoms with Crippen molar-refractivity contribution in [2.45, 2.75) is 32.6 Å². The van der Waals surface area contributed by atoms with Crippen molar-refractivity contribution in [1.82, 2.24) is 4.90 Å². The maximum absolute atomic E-state index is 11.8. The molecule has 0 radical (unpaired) electrons. The highest BCUT2D eigenvalue weighted by molar-refractivity contribution is 5.72. The van der Waals surface area contributed by atoms with E-state index in [4.69, 9.17) is 14.2 Å². The number of rotatable bonds is 9. The van der Waals surface area contributed by atoms with Gasteiger partial charge in [0.2, 0.25) is 0 Å². The average Bonchev–Trinajstić information content (AvgIpc) is 2.62. The Bertz CT molecular complexity index is 506. The highest BCUT2D eigenvalue weighted by Gasteiger charge is 2.26. The van der Waals surface area contributed by atoms with Crippen LogP contribution < -0.4 is 9.47 Å². The number of esters is 1. The summed E-state index contributed by atoms with van der Waals surface area (Å²) in [5.41, 5.74) is 0. The van der Waals surface area contributed by atoms with E-state index in [9.17, 15) is 4.79 Å². The largest absolute Gasteiger partial charge is 0.497 e. The first-order valence-corrected chi connectivity index (χ1v) is 8.88. The van der Waals surface area contributed by atoms with Gasteiger partial charge in [-0.25, -0.2) is 0 Å². The van der Waals surface area contributed by atoms with E-state index < -0.39 is 0 Å². The Morgan fingerprint density at radius 3 is 2.92 bits per heavy atom. The van der Waals surface area contributed by atoms with E-state index >= 15 is 0 Å². The lowest BCUT2D eigenvalue weighted by Gasteiger charge is -2.31. The molecule has 0 spiro atoms. The van der Waals surface area contributed by atoms with Crippen LogP contribution in [-0.4, -0.2) is 50.8 Å². The summed E-state index contributed by atoms with van der Waals surface area (Å²) >= 11 is 0. The van der Waals surface area contributed by atoms with E-state index in [1.165, 1.54) is 0 Å². The fraction of sp³-hybridized carbons (Fsp3) is 0.632. The van der Waals surface area contributed by atoms with Crippen LogP contribution in [0.3, 0.4) is 0 Å². The van der Waals surface area contributed by atoms with Crippen LogP contribution in [-0.2, 0) is 9.53 Å². The highest BCUT2D eigenvalue weighted by Crippen LogP contribution is 2.20. The number of ether oxygens (including phenoxy) is 3. The van der Waals surface area contributed by atoms with Gasteiger partial charge in [-0.15, -0.1) is 0 Å². The SMILES string of the molecule is CCOC(=O)C1CCCN(CCCCOc2cccc(OC)c2)C1. The molecule has 1 aromatic carbocycles. The van der Waals surface area contributed by atoms with Crippen molar-refractivity contribution in [3.8, 4) is 11.5 Å². The van der Waals surface area contributed by atoms with Gasteiger partial charge in [-0.3, -0.25) is 4.79 Å². The van der Waals surface area contributed by atoms with Crippen LogP contribution in [0.4, 0.5) is 0 Å². The number of unbranched alkanes of at least 4 members (excludes halogenated alkanes) is 1. The predicted octanol–water partition coefficient (Wildman–Crippen LogP) is 3.13. The minimum absolute atomic E-state index is 0.0384. The van der Waals surface area contributed by atoms with Gasteiger partial charge < -0.3 is 19.1 Å². The fourth-order valence-electron chi connectivity index (χ4n) is 3.03. The number of nitrogens with zero attached hydrogens (tertiary/aromatic N) is 1. The first-order chi connectivity index (χ1) is 11.7. The van der Waals surface area contributed by atoms with Crippen molar-refractivity contribution in [3.05, 3.63) is 24.3 Å². The number of benzene rings is 1. The second kappa shape index (κ2) is 10.2. The Morgan fingerprint density at radius 2 is 2.12 bits per heavy atom. The van der Waals surface area contributed by atoms with E-state index in [1.807, 2.05) is 31.2 Å². The zero-order valence-corrected chi connectivity index (χ0v) is 14.8. The van der Waals surface area contributed by atoms with Gasteiger partial charge in [0, 0.05) is 12.6 Å². The van der Waals surface area contributed by atoms with E-state index in [-0.39, 0.29) is 11.9 Å². The van der Waals surface area contributed by atoms with E-state index in [0.717, 1.165) is 56.8 Å². The molecule has 0 aliphatic carbocycles. The van der Waals surface area contributed by atoms with Crippen molar-refractivity contribution in [1.29, 1.82) is 0 Å². The molecule has 5 nitrogen and oxygen atoms in total. The summed E-state index contributed by atoms with van der Waals surface area (Å²) in [6.45, 7) is 5.94. The van der Waals surface area contributed by atoms with Gasteiger partial charge in [0.05, 0.1) is 26.2 Å². The first-order valence-electron chi connectivity index (χ1n) is 8.88. The van der Waals surface area contributed by atoms with Crippen molar-refractivity contribution in [2.75, 3.05) is 40.0 Å². The molecule has 24 heavy (non-hydrogen) atoms. The molecule has 5 heteroatoms. The van der Waals surface area contributed by atoms with E-state index in [0.29, 0.717) is 13.2 Å². The highest BCUT2D eigenvalue weighted by atomic mass is 16.5. The molecule has 1 fully saturated rings. The van der Waals surface area contributed by atoms with Gasteiger partial charge in [-0.05, 0) is 57.8 Å². The van der Waals surface area contributed by atoms with Gasteiger partial charge in [0.1, 0.15) is 11.5 Å². The Hall–Kier alpha value is -1.75. The Labute approximate surface area is 144 Å². The van der Waals surface area contributed by atoms with Crippen LogP contribution in [0.5, 0.6) is 11.5 Å². The molecule has 1 atom stereocenters. The van der Waals surface area contributed by atoms with Crippen LogP contribution in [0.15, 0.2) is 24.3 Å². The van der Waals surface area contributed by atoms with Gasteiger partial charge in [-0.1, -0.05) is 6.07 Å². The zero-order chi connectivity index (χ0) is 17.2. The first kappa shape index (κ1) is 18.6. The van der Waals surface area contributed by atoms with Crippen molar-refractivity contribution in [3.63, 3.8) is 0 Å². The normalized spacial score (nSPS) is 18.2. The summed E-state index contributed by atoms with van der Waals surface area (Å²) in [6.07, 6.45) is 4.09. The fourth-order valence-corrected chi connectivity index (χ4v) is 3.03. The molecule has 1 heterocycles. The van der Waals surface area contributed by atoms with Crippen LogP contribution >= 0.6 is 0 Å². The standard InChI is InChI=1S/C19H29NO4/c1-3-23-19(21)16-8-7-12-20(15-16)11-4-5-13-24-18-10-6-9-17(14-18)22-2/h6,9-10,14,16H,3-5,7-8,11-13,15H2,1-2H3. The Kier molecular flexibility index (Phi) is 7.89. The van der Waals surface area contributed by atoms with E-state index in [2.05, 4.69) is 4.90 Å². The number of carbonyl (C=O) groups is 1. The van der Waals surface area contributed by atoms with Crippen LogP contribution in [0, 0.1) is 5.92 Å². The molecule has 2 rings (SSSR count). The molecule has 0 amide bonds. The minimum Gasteiger partial charge on any atom is -0.497 e. The molecular formula is C19H29NO4. The van der Waals surface area contributed by atoms with Gasteiger partial charge in [0.25, 0.3) is 0 Å². The molecule has 1 aromatic rings. The number of likely N-dealkylation sites (tertiary alicyclic amines) is 1. The van der Waals surface area contributed by atoms with Crippen molar-refractivity contribution < 1.29 is 19.0 Å². The summed E-state index contributed by atoms with van der Waals surface area (Å²) in [7, 11) is 1.65. The summed E-state index contributed by atoms with van der Waals surface area (Å²) < 4.78 is 16.1. The third-order valence-electron chi connectivity index (χ3n) is 4.30. The number of carbonyl (C=O) groups excluding carboxylic acids is 1. The van der Waals surface area contributed by atoms with Crippen LogP contribution in [0.25, 0.3) is 0 Å². The molecule has 134 valence electrons. The smallest absolute Gasteiger partial charge is 0.310 e.